The number of carbonyl (C=O) groups excluding carboxylic acids is 2. The van der Waals surface area contributed by atoms with Crippen LogP contribution in [0.2, 0.25) is 0 Å². The molecule has 0 saturated carbocycles. The van der Waals surface area contributed by atoms with Crippen LogP contribution in [0.25, 0.3) is 0 Å². The van der Waals surface area contributed by atoms with Crippen LogP contribution < -0.4 is 5.32 Å². The van der Waals surface area contributed by atoms with E-state index < -0.39 is 30.3 Å². The molecule has 0 aromatic rings. The molecule has 1 aliphatic heterocycles. The summed E-state index contributed by atoms with van der Waals surface area (Å²) in [6, 6.07) is -0.759. The monoisotopic (exact) mass is 292 g/mol. The minimum atomic E-state index is -2.50. The maximum Gasteiger partial charge on any atom is 0.251 e. The molecule has 1 N–H and O–H groups in total. The molecule has 0 aromatic heterocycles. The predicted molar refractivity (Wildman–Crippen MR) is 69.7 cm³/mol. The van der Waals surface area contributed by atoms with Crippen molar-refractivity contribution in [3.05, 3.63) is 0 Å². The highest BCUT2D eigenvalue weighted by molar-refractivity contribution is 5.90. The molecule has 116 valence electrons. The number of carbonyl (C=O) groups is 2. The summed E-state index contributed by atoms with van der Waals surface area (Å²) in [5.74, 6) is -0.550. The SMILES string of the molecule is CC(C)(C)C(=O)CNC(=O)C1COCCN1CC(F)F. The Morgan fingerprint density at radius 3 is 2.60 bits per heavy atom. The van der Waals surface area contributed by atoms with Gasteiger partial charge in [-0.25, -0.2) is 8.78 Å². The smallest absolute Gasteiger partial charge is 0.251 e. The molecule has 1 aliphatic rings. The van der Waals surface area contributed by atoms with Crippen molar-refractivity contribution in [2.45, 2.75) is 33.2 Å². The first-order valence-electron chi connectivity index (χ1n) is 6.62. The summed E-state index contributed by atoms with van der Waals surface area (Å²) in [5.41, 5.74) is -0.543. The van der Waals surface area contributed by atoms with Crippen LogP contribution in [0, 0.1) is 5.41 Å². The number of morpholine rings is 1. The second kappa shape index (κ2) is 7.08. The molecular weight excluding hydrogens is 270 g/mol. The number of hydrogen-bond acceptors (Lipinski definition) is 4. The lowest BCUT2D eigenvalue weighted by molar-refractivity contribution is -0.136. The Kier molecular flexibility index (Phi) is 6.01. The van der Waals surface area contributed by atoms with Crippen LogP contribution in [-0.2, 0) is 14.3 Å². The Labute approximate surface area is 117 Å². The average molecular weight is 292 g/mol. The Hall–Kier alpha value is -1.08. The molecule has 1 rings (SSSR count). The van der Waals surface area contributed by atoms with Crippen molar-refractivity contribution in [1.82, 2.24) is 10.2 Å². The van der Waals surface area contributed by atoms with E-state index in [0.29, 0.717) is 6.61 Å². The number of ether oxygens (including phenoxy) is 1. The second-order valence-corrected chi connectivity index (χ2v) is 5.87. The maximum absolute atomic E-state index is 12.5. The summed E-state index contributed by atoms with van der Waals surface area (Å²) in [6.07, 6.45) is -2.50. The van der Waals surface area contributed by atoms with Gasteiger partial charge in [0.2, 0.25) is 5.91 Å². The number of nitrogens with zero attached hydrogens (tertiary/aromatic N) is 1. The predicted octanol–water partition coefficient (Wildman–Crippen LogP) is 0.684. The summed E-state index contributed by atoms with van der Waals surface area (Å²) in [4.78, 5) is 25.1. The van der Waals surface area contributed by atoms with Gasteiger partial charge in [0, 0.05) is 12.0 Å². The number of halogens is 2. The molecule has 1 atom stereocenters. The third-order valence-electron chi connectivity index (χ3n) is 3.17. The maximum atomic E-state index is 12.5. The third-order valence-corrected chi connectivity index (χ3v) is 3.17. The van der Waals surface area contributed by atoms with Crippen molar-refractivity contribution in [2.24, 2.45) is 5.41 Å². The zero-order valence-electron chi connectivity index (χ0n) is 12.1. The highest BCUT2D eigenvalue weighted by Gasteiger charge is 2.31. The lowest BCUT2D eigenvalue weighted by Gasteiger charge is -2.34. The fourth-order valence-electron chi connectivity index (χ4n) is 1.83. The van der Waals surface area contributed by atoms with Gasteiger partial charge in [-0.1, -0.05) is 20.8 Å². The summed E-state index contributed by atoms with van der Waals surface area (Å²) >= 11 is 0. The molecule has 0 bridgehead atoms. The van der Waals surface area contributed by atoms with E-state index in [1.54, 1.807) is 20.8 Å². The fraction of sp³-hybridized carbons (Fsp3) is 0.846. The summed E-state index contributed by atoms with van der Waals surface area (Å²) < 4.78 is 30.1. The molecule has 20 heavy (non-hydrogen) atoms. The van der Waals surface area contributed by atoms with Gasteiger partial charge in [0.1, 0.15) is 6.04 Å². The first kappa shape index (κ1) is 17.0. The van der Waals surface area contributed by atoms with Crippen molar-refractivity contribution in [3.8, 4) is 0 Å². The summed E-state index contributed by atoms with van der Waals surface area (Å²) in [6.45, 7) is 5.41. The van der Waals surface area contributed by atoms with Crippen LogP contribution in [0.4, 0.5) is 8.78 Å². The normalized spacial score (nSPS) is 21.0. The lowest BCUT2D eigenvalue weighted by Crippen LogP contribution is -2.55. The van der Waals surface area contributed by atoms with Crippen LogP contribution in [0.1, 0.15) is 20.8 Å². The Bertz CT molecular complexity index is 356. The molecule has 1 fully saturated rings. The zero-order valence-corrected chi connectivity index (χ0v) is 12.1. The average Bonchev–Trinajstić information content (AvgIpc) is 2.34. The molecule has 1 unspecified atom stereocenters. The van der Waals surface area contributed by atoms with Crippen LogP contribution in [0.3, 0.4) is 0 Å². The number of amides is 1. The number of nitrogens with one attached hydrogen (secondary N) is 1. The van der Waals surface area contributed by atoms with Gasteiger partial charge in [0.25, 0.3) is 6.43 Å². The van der Waals surface area contributed by atoms with Crippen molar-refractivity contribution in [2.75, 3.05) is 32.8 Å². The Balaban J connectivity index is 2.53. The second-order valence-electron chi connectivity index (χ2n) is 5.87. The van der Waals surface area contributed by atoms with Crippen LogP contribution >= 0.6 is 0 Å². The fourth-order valence-corrected chi connectivity index (χ4v) is 1.83. The number of hydrogen-bond donors (Lipinski definition) is 1. The third kappa shape index (κ3) is 5.13. The number of rotatable bonds is 5. The van der Waals surface area contributed by atoms with E-state index in [1.165, 1.54) is 4.90 Å². The van der Waals surface area contributed by atoms with E-state index in [4.69, 9.17) is 4.74 Å². The zero-order chi connectivity index (χ0) is 15.3. The van der Waals surface area contributed by atoms with Crippen LogP contribution in [0.15, 0.2) is 0 Å². The van der Waals surface area contributed by atoms with Gasteiger partial charge in [0.15, 0.2) is 5.78 Å². The minimum Gasteiger partial charge on any atom is -0.378 e. The number of Topliss-reactive ketones (excluding diaryl/α,β-unsaturated/α-hetero) is 1. The van der Waals surface area contributed by atoms with E-state index in [9.17, 15) is 18.4 Å². The highest BCUT2D eigenvalue weighted by atomic mass is 19.3. The minimum absolute atomic E-state index is 0.0717. The van der Waals surface area contributed by atoms with Crippen LogP contribution in [-0.4, -0.2) is 61.9 Å². The Morgan fingerprint density at radius 1 is 1.40 bits per heavy atom. The molecular formula is C13H22F2N2O3. The molecule has 1 amide bonds. The molecule has 0 radical (unpaired) electrons. The molecule has 7 heteroatoms. The molecule has 1 saturated heterocycles. The van der Waals surface area contributed by atoms with Gasteiger partial charge in [-0.3, -0.25) is 14.5 Å². The van der Waals surface area contributed by atoms with E-state index in [1.807, 2.05) is 0 Å². The standard InChI is InChI=1S/C13H22F2N2O3/c1-13(2,3)10(18)6-16-12(19)9-8-20-5-4-17(9)7-11(14)15/h9,11H,4-8H2,1-3H3,(H,16,19). The van der Waals surface area contributed by atoms with Crippen LogP contribution in [0.5, 0.6) is 0 Å². The first-order chi connectivity index (χ1) is 9.21. The van der Waals surface area contributed by atoms with Crippen molar-refractivity contribution >= 4 is 11.7 Å². The van der Waals surface area contributed by atoms with Crippen molar-refractivity contribution < 1.29 is 23.1 Å². The quantitative estimate of drug-likeness (QED) is 0.810. The van der Waals surface area contributed by atoms with E-state index in [-0.39, 0.29) is 25.5 Å². The Morgan fingerprint density at radius 2 is 2.05 bits per heavy atom. The van der Waals surface area contributed by atoms with Gasteiger partial charge in [-0.05, 0) is 0 Å². The van der Waals surface area contributed by atoms with Crippen molar-refractivity contribution in [1.29, 1.82) is 0 Å². The van der Waals surface area contributed by atoms with Gasteiger partial charge < -0.3 is 10.1 Å². The van der Waals surface area contributed by atoms with Gasteiger partial charge in [-0.15, -0.1) is 0 Å². The highest BCUT2D eigenvalue weighted by Crippen LogP contribution is 2.14. The topological polar surface area (TPSA) is 58.6 Å². The molecule has 0 aromatic carbocycles. The number of ketones is 1. The van der Waals surface area contributed by atoms with E-state index in [0.717, 1.165) is 0 Å². The lowest BCUT2D eigenvalue weighted by atomic mass is 9.91. The largest absolute Gasteiger partial charge is 0.378 e. The summed E-state index contributed by atoms with van der Waals surface area (Å²) in [5, 5.41) is 2.51. The van der Waals surface area contributed by atoms with E-state index in [2.05, 4.69) is 5.32 Å². The van der Waals surface area contributed by atoms with Gasteiger partial charge in [-0.2, -0.15) is 0 Å². The van der Waals surface area contributed by atoms with E-state index >= 15 is 0 Å². The van der Waals surface area contributed by atoms with Gasteiger partial charge in [0.05, 0.1) is 26.3 Å². The first-order valence-corrected chi connectivity index (χ1v) is 6.62. The molecule has 1 heterocycles. The molecule has 0 spiro atoms. The van der Waals surface area contributed by atoms with Gasteiger partial charge >= 0.3 is 0 Å². The number of alkyl halides is 2. The molecule has 5 nitrogen and oxygen atoms in total. The summed E-state index contributed by atoms with van der Waals surface area (Å²) in [7, 11) is 0. The van der Waals surface area contributed by atoms with Crippen molar-refractivity contribution in [3.63, 3.8) is 0 Å². The molecule has 0 aliphatic carbocycles.